The number of carbonyl (C=O) groups excluding carboxylic acids is 1. The molecule has 0 saturated carbocycles. The molecule has 0 fully saturated rings. The maximum Gasteiger partial charge on any atom is 0.165 e. The van der Waals surface area contributed by atoms with E-state index in [0.717, 1.165) is 17.7 Å². The summed E-state index contributed by atoms with van der Waals surface area (Å²) in [6.07, 6.45) is 1.06. The van der Waals surface area contributed by atoms with E-state index in [1.54, 1.807) is 0 Å². The van der Waals surface area contributed by atoms with Gasteiger partial charge in [-0.2, -0.15) is 0 Å². The highest BCUT2D eigenvalue weighted by Gasteiger charge is 2.15. The lowest BCUT2D eigenvalue weighted by Gasteiger charge is -2.26. The zero-order chi connectivity index (χ0) is 13.1. The maximum absolute atomic E-state index is 11.8. The van der Waals surface area contributed by atoms with Gasteiger partial charge in [-0.15, -0.1) is 0 Å². The van der Waals surface area contributed by atoms with Gasteiger partial charge >= 0.3 is 0 Å². The zero-order valence-electron chi connectivity index (χ0n) is 11.5. The van der Waals surface area contributed by atoms with Gasteiger partial charge in [-0.25, -0.2) is 0 Å². The third-order valence-electron chi connectivity index (χ3n) is 3.06. The van der Waals surface area contributed by atoms with Crippen LogP contribution in [0.1, 0.15) is 51.4 Å². The fraction of sp³-hybridized carbons (Fsp3) is 0.533. The van der Waals surface area contributed by atoms with Crippen LogP contribution in [0.5, 0.6) is 0 Å². The monoisotopic (exact) mass is 233 g/mol. The van der Waals surface area contributed by atoms with Crippen molar-refractivity contribution in [2.75, 3.05) is 5.32 Å². The van der Waals surface area contributed by atoms with Crippen LogP contribution in [0, 0.1) is 5.92 Å². The lowest BCUT2D eigenvalue weighted by atomic mass is 9.99. The van der Waals surface area contributed by atoms with Crippen molar-refractivity contribution >= 4 is 11.5 Å². The van der Waals surface area contributed by atoms with Crippen LogP contribution in [0.25, 0.3) is 0 Å². The number of hydrogen-bond donors (Lipinski definition) is 1. The molecule has 2 heteroatoms. The summed E-state index contributed by atoms with van der Waals surface area (Å²) in [6, 6.07) is 7.76. The highest BCUT2D eigenvalue weighted by Crippen LogP contribution is 2.19. The fourth-order valence-corrected chi connectivity index (χ4v) is 1.53. The number of hydrogen-bond acceptors (Lipinski definition) is 2. The second-order valence-corrected chi connectivity index (χ2v) is 5.46. The molecule has 0 saturated heterocycles. The SMILES string of the molecule is CCC(C)(C)Nc1ccc(C(=O)C(C)C)cc1. The predicted molar refractivity (Wildman–Crippen MR) is 73.6 cm³/mol. The summed E-state index contributed by atoms with van der Waals surface area (Å²) in [5.41, 5.74) is 1.95. The van der Waals surface area contributed by atoms with Crippen LogP contribution in [-0.4, -0.2) is 11.3 Å². The molecule has 0 radical (unpaired) electrons. The minimum Gasteiger partial charge on any atom is -0.380 e. The van der Waals surface area contributed by atoms with Gasteiger partial charge in [0.15, 0.2) is 5.78 Å². The van der Waals surface area contributed by atoms with Crippen molar-refractivity contribution in [3.05, 3.63) is 29.8 Å². The standard InChI is InChI=1S/C15H23NO/c1-6-15(4,5)16-13-9-7-12(8-10-13)14(17)11(2)3/h7-11,16H,6H2,1-5H3. The van der Waals surface area contributed by atoms with Gasteiger partial charge in [0.05, 0.1) is 0 Å². The molecule has 0 spiro atoms. The Morgan fingerprint density at radius 3 is 2.18 bits per heavy atom. The van der Waals surface area contributed by atoms with Crippen LogP contribution in [0.3, 0.4) is 0 Å². The van der Waals surface area contributed by atoms with E-state index in [4.69, 9.17) is 0 Å². The number of anilines is 1. The van der Waals surface area contributed by atoms with E-state index >= 15 is 0 Å². The number of carbonyl (C=O) groups is 1. The number of nitrogens with one attached hydrogen (secondary N) is 1. The summed E-state index contributed by atoms with van der Waals surface area (Å²) in [7, 11) is 0. The molecule has 17 heavy (non-hydrogen) atoms. The minimum atomic E-state index is 0.0564. The molecule has 2 nitrogen and oxygen atoms in total. The molecular weight excluding hydrogens is 210 g/mol. The lowest BCUT2D eigenvalue weighted by molar-refractivity contribution is 0.0939. The molecule has 1 aromatic carbocycles. The summed E-state index contributed by atoms with van der Waals surface area (Å²) in [5, 5.41) is 3.45. The van der Waals surface area contributed by atoms with Crippen molar-refractivity contribution in [2.45, 2.75) is 46.6 Å². The minimum absolute atomic E-state index is 0.0564. The van der Waals surface area contributed by atoms with Crippen molar-refractivity contribution in [2.24, 2.45) is 5.92 Å². The molecule has 0 aliphatic rings. The van der Waals surface area contributed by atoms with Crippen LogP contribution >= 0.6 is 0 Å². The van der Waals surface area contributed by atoms with Gasteiger partial charge < -0.3 is 5.32 Å². The Bertz CT molecular complexity index is 376. The van der Waals surface area contributed by atoms with Gasteiger partial charge in [-0.1, -0.05) is 20.8 Å². The topological polar surface area (TPSA) is 29.1 Å². The van der Waals surface area contributed by atoms with Crippen LogP contribution in [0.15, 0.2) is 24.3 Å². The Labute approximate surface area is 104 Å². The number of rotatable bonds is 5. The van der Waals surface area contributed by atoms with Crippen molar-refractivity contribution in [1.29, 1.82) is 0 Å². The molecule has 0 amide bonds. The van der Waals surface area contributed by atoms with Crippen molar-refractivity contribution in [3.63, 3.8) is 0 Å². The van der Waals surface area contributed by atoms with Crippen molar-refractivity contribution in [1.82, 2.24) is 0 Å². The van der Waals surface area contributed by atoms with E-state index < -0.39 is 0 Å². The smallest absolute Gasteiger partial charge is 0.165 e. The quantitative estimate of drug-likeness (QED) is 0.775. The first kappa shape index (κ1) is 13.8. The molecule has 0 unspecified atom stereocenters. The van der Waals surface area contributed by atoms with E-state index in [9.17, 15) is 4.79 Å². The lowest BCUT2D eigenvalue weighted by Crippen LogP contribution is -2.29. The summed E-state index contributed by atoms with van der Waals surface area (Å²) >= 11 is 0. The molecule has 0 heterocycles. The molecule has 0 aliphatic carbocycles. The Morgan fingerprint density at radius 1 is 1.24 bits per heavy atom. The number of Topliss-reactive ketones (excluding diaryl/α,β-unsaturated/α-hetero) is 1. The third-order valence-corrected chi connectivity index (χ3v) is 3.06. The van der Waals surface area contributed by atoms with Crippen LogP contribution in [-0.2, 0) is 0 Å². The first-order chi connectivity index (χ1) is 7.85. The second-order valence-electron chi connectivity index (χ2n) is 5.46. The molecule has 1 aromatic rings. The Hall–Kier alpha value is -1.31. The highest BCUT2D eigenvalue weighted by atomic mass is 16.1. The zero-order valence-corrected chi connectivity index (χ0v) is 11.5. The van der Waals surface area contributed by atoms with Crippen LogP contribution in [0.2, 0.25) is 0 Å². The summed E-state index contributed by atoms with van der Waals surface area (Å²) in [6.45, 7) is 10.3. The third kappa shape index (κ3) is 3.88. The predicted octanol–water partition coefficient (Wildman–Crippen LogP) is 4.13. The summed E-state index contributed by atoms with van der Waals surface area (Å²) in [4.78, 5) is 11.8. The average molecular weight is 233 g/mol. The molecular formula is C15H23NO. The fourth-order valence-electron chi connectivity index (χ4n) is 1.53. The molecule has 1 N–H and O–H groups in total. The Morgan fingerprint density at radius 2 is 1.76 bits per heavy atom. The molecule has 0 atom stereocenters. The second kappa shape index (κ2) is 5.35. The highest BCUT2D eigenvalue weighted by molar-refractivity contribution is 5.97. The maximum atomic E-state index is 11.8. The van der Waals surface area contributed by atoms with E-state index in [2.05, 4.69) is 26.1 Å². The average Bonchev–Trinajstić information content (AvgIpc) is 2.28. The normalized spacial score (nSPS) is 11.6. The largest absolute Gasteiger partial charge is 0.380 e. The number of benzene rings is 1. The van der Waals surface area contributed by atoms with E-state index in [-0.39, 0.29) is 17.2 Å². The Kier molecular flexibility index (Phi) is 4.33. The molecule has 0 bridgehead atoms. The van der Waals surface area contributed by atoms with Crippen LogP contribution < -0.4 is 5.32 Å². The summed E-state index contributed by atoms with van der Waals surface area (Å²) < 4.78 is 0. The molecule has 94 valence electrons. The van der Waals surface area contributed by atoms with Crippen LogP contribution in [0.4, 0.5) is 5.69 Å². The molecule has 0 aromatic heterocycles. The van der Waals surface area contributed by atoms with E-state index in [1.807, 2.05) is 38.1 Å². The molecule has 0 aliphatic heterocycles. The van der Waals surface area contributed by atoms with Gasteiger partial charge in [-0.3, -0.25) is 4.79 Å². The Balaban J connectivity index is 2.78. The number of ketones is 1. The van der Waals surface area contributed by atoms with Gasteiger partial charge in [0.2, 0.25) is 0 Å². The van der Waals surface area contributed by atoms with Gasteiger partial charge in [0, 0.05) is 22.7 Å². The van der Waals surface area contributed by atoms with Crippen molar-refractivity contribution in [3.8, 4) is 0 Å². The van der Waals surface area contributed by atoms with Gasteiger partial charge in [-0.05, 0) is 44.5 Å². The van der Waals surface area contributed by atoms with E-state index in [1.165, 1.54) is 0 Å². The van der Waals surface area contributed by atoms with Gasteiger partial charge in [0.25, 0.3) is 0 Å². The first-order valence-electron chi connectivity index (χ1n) is 6.28. The first-order valence-corrected chi connectivity index (χ1v) is 6.28. The molecule has 1 rings (SSSR count). The summed E-state index contributed by atoms with van der Waals surface area (Å²) in [5.74, 6) is 0.257. The van der Waals surface area contributed by atoms with E-state index in [0.29, 0.717) is 0 Å². The van der Waals surface area contributed by atoms with Crippen molar-refractivity contribution < 1.29 is 4.79 Å². The van der Waals surface area contributed by atoms with Gasteiger partial charge in [0.1, 0.15) is 0 Å².